The number of para-hydroxylation sites is 1. The molecule has 2 aromatic carbocycles. The lowest BCUT2D eigenvalue weighted by molar-refractivity contribution is -0.134. The van der Waals surface area contributed by atoms with Gasteiger partial charge in [-0.15, -0.1) is 5.10 Å². The van der Waals surface area contributed by atoms with E-state index in [4.69, 9.17) is 4.74 Å². The number of hydrogen-bond acceptors (Lipinski definition) is 3. The molecule has 0 spiro atoms. The summed E-state index contributed by atoms with van der Waals surface area (Å²) in [5, 5.41) is 5.02. The number of carbonyl (C=O) groups excluding carboxylic acids is 1. The summed E-state index contributed by atoms with van der Waals surface area (Å²) in [6.07, 6.45) is 5.06. The third kappa shape index (κ3) is 3.34. The fourth-order valence-corrected chi connectivity index (χ4v) is 3.66. The second-order valence-electron chi connectivity index (χ2n) is 6.78. The number of halogens is 1. The van der Waals surface area contributed by atoms with E-state index in [2.05, 4.69) is 5.10 Å². The summed E-state index contributed by atoms with van der Waals surface area (Å²) in [6.45, 7) is 0. The molecule has 0 N–H and O–H groups in total. The van der Waals surface area contributed by atoms with Crippen LogP contribution >= 0.6 is 0 Å². The molecule has 1 aliphatic rings. The van der Waals surface area contributed by atoms with Crippen LogP contribution in [0.5, 0.6) is 5.88 Å². The van der Waals surface area contributed by atoms with Crippen molar-refractivity contribution in [3.63, 3.8) is 0 Å². The van der Waals surface area contributed by atoms with E-state index < -0.39 is 0 Å². The summed E-state index contributed by atoms with van der Waals surface area (Å²) in [7, 11) is 0. The standard InChI is InChI=1S/C21H21FN2O2/c22-18-12-6-11-17-20(18)24(16-9-4-5-10-16)23-21(17)26-19(25)14-13-15-7-2-1-3-8-15/h1-3,6-8,11-12,16H,4-5,9-10,13-14H2. The molecule has 4 rings (SSSR count). The van der Waals surface area contributed by atoms with Crippen LogP contribution in [-0.2, 0) is 11.2 Å². The van der Waals surface area contributed by atoms with E-state index in [0.29, 0.717) is 17.3 Å². The summed E-state index contributed by atoms with van der Waals surface area (Å²) >= 11 is 0. The molecule has 1 fully saturated rings. The lowest BCUT2D eigenvalue weighted by Gasteiger charge is -2.11. The van der Waals surface area contributed by atoms with Crippen LogP contribution in [0.3, 0.4) is 0 Å². The quantitative estimate of drug-likeness (QED) is 0.618. The second kappa shape index (κ2) is 7.28. The minimum atomic E-state index is -0.351. The number of esters is 1. The average molecular weight is 352 g/mol. The maximum atomic E-state index is 14.4. The molecule has 4 nitrogen and oxygen atoms in total. The van der Waals surface area contributed by atoms with Gasteiger partial charge in [0.05, 0.1) is 17.8 Å². The number of aromatic nitrogens is 2. The Morgan fingerprint density at radius 3 is 2.65 bits per heavy atom. The molecule has 1 aromatic heterocycles. The average Bonchev–Trinajstić information content (AvgIpc) is 3.30. The molecular formula is C21H21FN2O2. The van der Waals surface area contributed by atoms with Gasteiger partial charge in [-0.1, -0.05) is 49.2 Å². The molecule has 0 radical (unpaired) electrons. The Bertz CT molecular complexity index is 914. The molecule has 0 amide bonds. The van der Waals surface area contributed by atoms with Crippen molar-refractivity contribution in [3.05, 3.63) is 59.9 Å². The summed E-state index contributed by atoms with van der Waals surface area (Å²) in [6, 6.07) is 14.8. The van der Waals surface area contributed by atoms with Gasteiger partial charge >= 0.3 is 5.97 Å². The van der Waals surface area contributed by atoms with Gasteiger partial charge in [-0.25, -0.2) is 4.39 Å². The molecule has 0 aliphatic heterocycles. The highest BCUT2D eigenvalue weighted by atomic mass is 19.1. The highest BCUT2D eigenvalue weighted by molar-refractivity contribution is 5.87. The molecule has 0 bridgehead atoms. The SMILES string of the molecule is O=C(CCc1ccccc1)Oc1nn(C2CCCC2)c2c(F)cccc12. The Morgan fingerprint density at radius 2 is 1.88 bits per heavy atom. The van der Waals surface area contributed by atoms with E-state index in [0.717, 1.165) is 31.2 Å². The number of benzene rings is 2. The number of hydrogen-bond donors (Lipinski definition) is 0. The van der Waals surface area contributed by atoms with Gasteiger partial charge in [-0.05, 0) is 37.0 Å². The van der Waals surface area contributed by atoms with Gasteiger partial charge in [0.1, 0.15) is 11.3 Å². The largest absolute Gasteiger partial charge is 0.405 e. The summed E-state index contributed by atoms with van der Waals surface area (Å²) in [5.74, 6) is -0.464. The van der Waals surface area contributed by atoms with E-state index in [1.54, 1.807) is 16.8 Å². The predicted octanol–water partition coefficient (Wildman–Crippen LogP) is 4.83. The van der Waals surface area contributed by atoms with Gasteiger partial charge < -0.3 is 4.74 Å². The van der Waals surface area contributed by atoms with Crippen LogP contribution in [0.25, 0.3) is 10.9 Å². The lowest BCUT2D eigenvalue weighted by atomic mass is 10.1. The number of rotatable bonds is 5. The first-order valence-corrected chi connectivity index (χ1v) is 9.14. The zero-order chi connectivity index (χ0) is 17.9. The van der Waals surface area contributed by atoms with Crippen LogP contribution in [0.15, 0.2) is 48.5 Å². The molecule has 1 heterocycles. The normalized spacial score (nSPS) is 14.8. The van der Waals surface area contributed by atoms with Crippen LogP contribution in [0.4, 0.5) is 4.39 Å². The summed E-state index contributed by atoms with van der Waals surface area (Å²) < 4.78 is 21.6. The highest BCUT2D eigenvalue weighted by Gasteiger charge is 2.25. The second-order valence-corrected chi connectivity index (χ2v) is 6.78. The minimum absolute atomic E-state index is 0.172. The van der Waals surface area contributed by atoms with Crippen molar-refractivity contribution in [2.75, 3.05) is 0 Å². The molecular weight excluding hydrogens is 331 g/mol. The van der Waals surface area contributed by atoms with Crippen molar-refractivity contribution in [1.82, 2.24) is 9.78 Å². The lowest BCUT2D eigenvalue weighted by Crippen LogP contribution is -2.11. The van der Waals surface area contributed by atoms with Crippen LogP contribution in [-0.4, -0.2) is 15.7 Å². The summed E-state index contributed by atoms with van der Waals surface area (Å²) in [4.78, 5) is 12.3. The van der Waals surface area contributed by atoms with E-state index in [1.165, 1.54) is 6.07 Å². The third-order valence-electron chi connectivity index (χ3n) is 4.99. The highest BCUT2D eigenvalue weighted by Crippen LogP contribution is 2.36. The molecule has 0 unspecified atom stereocenters. The van der Waals surface area contributed by atoms with Crippen LogP contribution < -0.4 is 4.74 Å². The Hall–Kier alpha value is -2.69. The van der Waals surface area contributed by atoms with E-state index in [9.17, 15) is 9.18 Å². The van der Waals surface area contributed by atoms with Gasteiger partial charge in [0.2, 0.25) is 5.88 Å². The van der Waals surface area contributed by atoms with Crippen LogP contribution in [0, 0.1) is 5.82 Å². The number of carbonyl (C=O) groups is 1. The number of nitrogens with zero attached hydrogens (tertiary/aromatic N) is 2. The van der Waals surface area contributed by atoms with Gasteiger partial charge in [-0.3, -0.25) is 9.48 Å². The van der Waals surface area contributed by atoms with Gasteiger partial charge in [0, 0.05) is 0 Å². The predicted molar refractivity (Wildman–Crippen MR) is 97.6 cm³/mol. The topological polar surface area (TPSA) is 44.1 Å². The zero-order valence-electron chi connectivity index (χ0n) is 14.5. The van der Waals surface area contributed by atoms with Gasteiger partial charge in [0.25, 0.3) is 0 Å². The molecule has 26 heavy (non-hydrogen) atoms. The van der Waals surface area contributed by atoms with Gasteiger partial charge in [-0.2, -0.15) is 0 Å². The molecule has 0 atom stereocenters. The maximum Gasteiger partial charge on any atom is 0.312 e. The van der Waals surface area contributed by atoms with Crippen molar-refractivity contribution >= 4 is 16.9 Å². The van der Waals surface area contributed by atoms with E-state index >= 15 is 0 Å². The number of fused-ring (bicyclic) bond motifs is 1. The smallest absolute Gasteiger partial charge is 0.312 e. The molecule has 1 saturated carbocycles. The van der Waals surface area contributed by atoms with Crippen LogP contribution in [0.2, 0.25) is 0 Å². The van der Waals surface area contributed by atoms with Crippen LogP contribution in [0.1, 0.15) is 43.7 Å². The van der Waals surface area contributed by atoms with E-state index in [-0.39, 0.29) is 30.1 Å². The molecule has 3 aromatic rings. The Kier molecular flexibility index (Phi) is 4.69. The van der Waals surface area contributed by atoms with Crippen molar-refractivity contribution in [2.24, 2.45) is 0 Å². The van der Waals surface area contributed by atoms with Crippen molar-refractivity contribution in [1.29, 1.82) is 0 Å². The van der Waals surface area contributed by atoms with Crippen molar-refractivity contribution in [2.45, 2.75) is 44.6 Å². The Labute approximate surface area is 151 Å². The monoisotopic (exact) mass is 352 g/mol. The van der Waals surface area contributed by atoms with Gasteiger partial charge in [0.15, 0.2) is 0 Å². The van der Waals surface area contributed by atoms with Crippen molar-refractivity contribution in [3.8, 4) is 5.88 Å². The Balaban J connectivity index is 1.56. The zero-order valence-corrected chi connectivity index (χ0v) is 14.5. The molecule has 5 heteroatoms. The number of ether oxygens (including phenoxy) is 1. The fraction of sp³-hybridized carbons (Fsp3) is 0.333. The number of aryl methyl sites for hydroxylation is 1. The first-order chi connectivity index (χ1) is 12.7. The molecule has 1 aliphatic carbocycles. The summed E-state index contributed by atoms with van der Waals surface area (Å²) in [5.41, 5.74) is 1.52. The molecule has 134 valence electrons. The Morgan fingerprint density at radius 1 is 1.12 bits per heavy atom. The fourth-order valence-electron chi connectivity index (χ4n) is 3.66. The first kappa shape index (κ1) is 16.8. The van der Waals surface area contributed by atoms with E-state index in [1.807, 2.05) is 30.3 Å². The van der Waals surface area contributed by atoms with Crippen molar-refractivity contribution < 1.29 is 13.9 Å². The third-order valence-corrected chi connectivity index (χ3v) is 4.99. The maximum absolute atomic E-state index is 14.4. The first-order valence-electron chi connectivity index (χ1n) is 9.14. The minimum Gasteiger partial charge on any atom is -0.405 e. The molecule has 0 saturated heterocycles.